The van der Waals surface area contributed by atoms with Gasteiger partial charge in [-0.2, -0.15) is 0 Å². The lowest BCUT2D eigenvalue weighted by Crippen LogP contribution is -2.29. The fourth-order valence-corrected chi connectivity index (χ4v) is 11.7. The molecule has 0 heterocycles. The van der Waals surface area contributed by atoms with Crippen molar-refractivity contribution < 1.29 is 37.6 Å². The minimum Gasteiger partial charge on any atom is -0.462 e. The highest BCUT2D eigenvalue weighted by Gasteiger charge is 2.26. The first-order chi connectivity index (χ1) is 46.8. The molecule has 544 valence electrons. The monoisotopic (exact) mass is 1340 g/mol. The van der Waals surface area contributed by atoms with Crippen LogP contribution in [-0.2, 0) is 32.7 Å². The fraction of sp³-hybridized carbons (Fsp3) is 0.694. The van der Waals surface area contributed by atoms with Crippen LogP contribution in [0.4, 0.5) is 0 Å². The van der Waals surface area contributed by atoms with Crippen molar-refractivity contribution in [3.05, 3.63) is 146 Å². The van der Waals surface area contributed by atoms with Gasteiger partial charge in [0.25, 0.3) is 0 Å². The Labute approximate surface area is 586 Å². The van der Waals surface area contributed by atoms with Crippen molar-refractivity contribution in [3.63, 3.8) is 0 Å². The highest BCUT2D eigenvalue weighted by molar-refractivity contribution is 7.47. The molecule has 0 bridgehead atoms. The third kappa shape index (κ3) is 78.8. The first-order valence-corrected chi connectivity index (χ1v) is 40.8. The number of hydrogen-bond acceptors (Lipinski definition) is 8. The zero-order valence-electron chi connectivity index (χ0n) is 61.4. The maximum Gasteiger partial charge on any atom is 0.472 e. The summed E-state index contributed by atoms with van der Waals surface area (Å²) in [6.45, 7) is 3.63. The van der Waals surface area contributed by atoms with Gasteiger partial charge in [-0.1, -0.05) is 359 Å². The van der Waals surface area contributed by atoms with E-state index in [0.717, 1.165) is 122 Å². The van der Waals surface area contributed by atoms with Crippen LogP contribution in [0.2, 0.25) is 0 Å². The normalized spacial score (nSPS) is 13.7. The first kappa shape index (κ1) is 90.9. The second-order valence-corrected chi connectivity index (χ2v) is 27.3. The summed E-state index contributed by atoms with van der Waals surface area (Å²) in [4.78, 5) is 35.4. The van der Waals surface area contributed by atoms with Gasteiger partial charge in [0.2, 0.25) is 0 Å². The third-order valence-corrected chi connectivity index (χ3v) is 17.7. The summed E-state index contributed by atoms with van der Waals surface area (Å²) in [5.41, 5.74) is 5.41. The summed E-state index contributed by atoms with van der Waals surface area (Å²) in [7, 11) is -4.41. The Morgan fingerprint density at radius 3 is 0.874 bits per heavy atom. The van der Waals surface area contributed by atoms with E-state index in [9.17, 15) is 19.0 Å². The number of ether oxygens (including phenoxy) is 2. The van der Waals surface area contributed by atoms with Gasteiger partial charge in [0, 0.05) is 19.4 Å². The number of carbonyl (C=O) groups is 2. The van der Waals surface area contributed by atoms with E-state index in [2.05, 4.69) is 160 Å². The van der Waals surface area contributed by atoms with Gasteiger partial charge in [0.05, 0.1) is 13.2 Å². The molecule has 0 aromatic rings. The lowest BCUT2D eigenvalue weighted by atomic mass is 10.0. The van der Waals surface area contributed by atoms with Crippen LogP contribution in [0.25, 0.3) is 0 Å². The van der Waals surface area contributed by atoms with Gasteiger partial charge in [0.1, 0.15) is 6.61 Å². The Kier molecular flexibility index (Phi) is 75.5. The lowest BCUT2D eigenvalue weighted by molar-refractivity contribution is -0.161. The molecule has 0 saturated heterocycles. The number of rotatable bonds is 73. The average Bonchev–Trinajstić information content (AvgIpc) is 3.16. The van der Waals surface area contributed by atoms with Crippen molar-refractivity contribution >= 4 is 19.8 Å². The molecule has 2 atom stereocenters. The molecule has 3 N–H and O–H groups in total. The van der Waals surface area contributed by atoms with E-state index < -0.39 is 26.5 Å². The molecule has 0 aromatic carbocycles. The Balaban J connectivity index is 3.92. The molecule has 0 aliphatic carbocycles. The number of unbranched alkanes of at least 4 members (excludes halogenated alkanes) is 36. The topological polar surface area (TPSA) is 134 Å². The third-order valence-electron chi connectivity index (χ3n) is 16.7. The smallest absolute Gasteiger partial charge is 0.462 e. The summed E-state index contributed by atoms with van der Waals surface area (Å²) < 4.78 is 33.2. The lowest BCUT2D eigenvalue weighted by Gasteiger charge is -2.19. The second-order valence-electron chi connectivity index (χ2n) is 25.8. The van der Waals surface area contributed by atoms with Gasteiger partial charge >= 0.3 is 19.8 Å². The molecule has 2 unspecified atom stereocenters. The summed E-state index contributed by atoms with van der Waals surface area (Å²) in [6, 6.07) is 0. The van der Waals surface area contributed by atoms with Crippen LogP contribution in [0, 0.1) is 0 Å². The number of allylic oxidation sites excluding steroid dienone is 24. The van der Waals surface area contributed by atoms with E-state index in [1.807, 2.05) is 0 Å². The predicted molar refractivity (Wildman–Crippen MR) is 413 cm³/mol. The van der Waals surface area contributed by atoms with Crippen LogP contribution in [0.15, 0.2) is 146 Å². The van der Waals surface area contributed by atoms with Crippen molar-refractivity contribution in [2.75, 3.05) is 26.4 Å². The SMILES string of the molecule is CC/C=C\C/C=C\C/C=C\C/C=C\C/C=C\C/C=C\C/C=C\C/C=C\C/C=C\C/C=C\C/C=C\CCCCCCCC(=O)OC(COC(=O)CCCCCCCCCCCCCCCCCCCCCCCCC/C=C\CCCCCCCCCC)COP(=O)(O)OCCN. The van der Waals surface area contributed by atoms with Gasteiger partial charge < -0.3 is 20.1 Å². The van der Waals surface area contributed by atoms with Crippen molar-refractivity contribution in [1.82, 2.24) is 0 Å². The Bertz CT molecular complexity index is 2080. The summed E-state index contributed by atoms with van der Waals surface area (Å²) in [5.74, 6) is -0.846. The molecule has 9 nitrogen and oxygen atoms in total. The molecule has 0 saturated carbocycles. The van der Waals surface area contributed by atoms with Crippen LogP contribution in [0.5, 0.6) is 0 Å². The highest BCUT2D eigenvalue weighted by Crippen LogP contribution is 2.43. The van der Waals surface area contributed by atoms with E-state index in [1.54, 1.807) is 0 Å². The average molecular weight is 1340 g/mol. The second kappa shape index (κ2) is 78.9. The summed E-state index contributed by atoms with van der Waals surface area (Å²) >= 11 is 0. The van der Waals surface area contributed by atoms with Crippen molar-refractivity contribution in [2.45, 2.75) is 354 Å². The van der Waals surface area contributed by atoms with Crippen molar-refractivity contribution in [1.29, 1.82) is 0 Å². The number of esters is 2. The zero-order chi connectivity index (χ0) is 68.6. The van der Waals surface area contributed by atoms with E-state index in [-0.39, 0.29) is 38.6 Å². The summed E-state index contributed by atoms with van der Waals surface area (Å²) in [5, 5.41) is 0. The zero-order valence-corrected chi connectivity index (χ0v) is 62.3. The molecule has 95 heavy (non-hydrogen) atoms. The number of phosphoric acid groups is 1. The molecular weight excluding hydrogens is 1190 g/mol. The highest BCUT2D eigenvalue weighted by atomic mass is 31.2. The van der Waals surface area contributed by atoms with Gasteiger partial charge in [-0.15, -0.1) is 0 Å². The molecule has 0 rings (SSSR count). The predicted octanol–water partition coefficient (Wildman–Crippen LogP) is 26.5. The fourth-order valence-electron chi connectivity index (χ4n) is 10.9. The Hall–Kier alpha value is -4.11. The van der Waals surface area contributed by atoms with Crippen molar-refractivity contribution in [3.8, 4) is 0 Å². The maximum atomic E-state index is 12.8. The molecule has 0 aromatic heterocycles. The molecular formula is C85H146NO8P. The maximum absolute atomic E-state index is 12.8. The van der Waals surface area contributed by atoms with Gasteiger partial charge in [-0.3, -0.25) is 18.6 Å². The van der Waals surface area contributed by atoms with Crippen LogP contribution in [-0.4, -0.2) is 49.3 Å². The molecule has 10 heteroatoms. The number of phosphoric ester groups is 1. The number of nitrogens with two attached hydrogens (primary N) is 1. The number of carbonyl (C=O) groups excluding carboxylic acids is 2. The van der Waals surface area contributed by atoms with Crippen LogP contribution < -0.4 is 5.73 Å². The molecule has 0 radical (unpaired) electrons. The molecule has 0 amide bonds. The first-order valence-electron chi connectivity index (χ1n) is 39.3. The van der Waals surface area contributed by atoms with Gasteiger partial charge in [0.15, 0.2) is 6.10 Å². The van der Waals surface area contributed by atoms with Crippen LogP contribution >= 0.6 is 7.82 Å². The Morgan fingerprint density at radius 2 is 0.579 bits per heavy atom. The van der Waals surface area contributed by atoms with E-state index in [1.165, 1.54) is 193 Å². The van der Waals surface area contributed by atoms with Gasteiger partial charge in [-0.25, -0.2) is 4.57 Å². The largest absolute Gasteiger partial charge is 0.472 e. The molecule has 0 aliphatic heterocycles. The van der Waals surface area contributed by atoms with E-state index in [4.69, 9.17) is 24.3 Å². The standard InChI is InChI=1S/C85H146NO8P/c1-3-5-7-9-11-13-15-17-19-21-23-25-27-29-31-33-35-37-39-40-41-42-44-46-48-50-52-54-56-58-60-62-64-66-68-70-72-74-76-78-85(88)94-83(82-93-95(89,90)92-80-79-86)81-91-84(87)77-75-73-71-69-67-65-63-61-59-57-55-53-51-49-47-45-43-38-36-34-32-30-28-26-24-22-20-18-16-14-12-10-8-6-4-2/h5,7,11,13,17,19,22-25,29,31,35,37,40-41,44,46,50,52,56,58,62,64,83H,3-4,6,8-10,12,14-16,18,20-21,26-28,30,32-34,36,38-39,42-43,45,47-49,51,53-55,57,59-61,63,65-82,86H2,1-2H3,(H,89,90)/b7-5-,13-11-,19-17-,24-22-,25-23-,31-29-,37-35-,41-40-,46-44-,52-50-,58-56-,64-62-. The summed E-state index contributed by atoms with van der Waals surface area (Å²) in [6.07, 6.45) is 114. The van der Waals surface area contributed by atoms with Crippen molar-refractivity contribution in [2.24, 2.45) is 5.73 Å². The van der Waals surface area contributed by atoms with Gasteiger partial charge in [-0.05, 0) is 122 Å². The van der Waals surface area contributed by atoms with Crippen LogP contribution in [0.3, 0.4) is 0 Å². The quantitative estimate of drug-likeness (QED) is 0.0264. The molecule has 0 fully saturated rings. The Morgan fingerprint density at radius 1 is 0.326 bits per heavy atom. The minimum absolute atomic E-state index is 0.0443. The molecule has 0 spiro atoms. The molecule has 0 aliphatic rings. The van der Waals surface area contributed by atoms with E-state index >= 15 is 0 Å². The van der Waals surface area contributed by atoms with Crippen LogP contribution in [0.1, 0.15) is 348 Å². The van der Waals surface area contributed by atoms with E-state index in [0.29, 0.717) is 6.42 Å². The minimum atomic E-state index is -4.41. The number of hydrogen-bond donors (Lipinski definition) is 2.